The van der Waals surface area contributed by atoms with E-state index in [1.165, 1.54) is 19.3 Å². The van der Waals surface area contributed by atoms with Crippen LogP contribution in [0.5, 0.6) is 5.75 Å². The van der Waals surface area contributed by atoms with Gasteiger partial charge >= 0.3 is 0 Å². The molecule has 1 fully saturated rings. The van der Waals surface area contributed by atoms with Gasteiger partial charge in [-0.15, -0.1) is 0 Å². The number of likely N-dealkylation sites (tertiary alicyclic amines) is 1. The second kappa shape index (κ2) is 6.41. The van der Waals surface area contributed by atoms with Crippen molar-refractivity contribution in [2.45, 2.75) is 31.8 Å². The number of hydrogen-bond acceptors (Lipinski definition) is 3. The molecule has 1 unspecified atom stereocenters. The van der Waals surface area contributed by atoms with Gasteiger partial charge in [-0.1, -0.05) is 24.1 Å². The molecule has 100 valence electrons. The Morgan fingerprint density at radius 3 is 3.00 bits per heavy atom. The fourth-order valence-electron chi connectivity index (χ4n) is 2.41. The van der Waals surface area contributed by atoms with Crippen molar-refractivity contribution in [3.63, 3.8) is 0 Å². The molecule has 1 atom stereocenters. The van der Waals surface area contributed by atoms with Crippen molar-refractivity contribution in [1.29, 1.82) is 0 Å². The van der Waals surface area contributed by atoms with Gasteiger partial charge in [-0.05, 0) is 38.6 Å². The summed E-state index contributed by atoms with van der Waals surface area (Å²) in [6.45, 7) is 2.28. The molecule has 4 heteroatoms. The highest BCUT2D eigenvalue weighted by Crippen LogP contribution is 2.26. The van der Waals surface area contributed by atoms with Gasteiger partial charge in [0.25, 0.3) is 0 Å². The zero-order valence-corrected chi connectivity index (χ0v) is 11.6. The third-order valence-corrected chi connectivity index (χ3v) is 3.99. The van der Waals surface area contributed by atoms with Crippen molar-refractivity contribution in [2.75, 3.05) is 20.2 Å². The Hall–Kier alpha value is -0.770. The summed E-state index contributed by atoms with van der Waals surface area (Å²) in [7, 11) is 2.16. The minimum Gasteiger partial charge on any atom is -0.492 e. The van der Waals surface area contributed by atoms with Crippen LogP contribution in [0.3, 0.4) is 0 Å². The van der Waals surface area contributed by atoms with E-state index < -0.39 is 0 Å². The first-order valence-electron chi connectivity index (χ1n) is 6.53. The van der Waals surface area contributed by atoms with E-state index in [4.69, 9.17) is 22.1 Å². The van der Waals surface area contributed by atoms with Gasteiger partial charge in [0.1, 0.15) is 12.4 Å². The minimum absolute atomic E-state index is 0.412. The summed E-state index contributed by atoms with van der Waals surface area (Å²) in [6.07, 6.45) is 3.78. The monoisotopic (exact) mass is 268 g/mol. The van der Waals surface area contributed by atoms with Crippen molar-refractivity contribution in [1.82, 2.24) is 4.90 Å². The summed E-state index contributed by atoms with van der Waals surface area (Å²) < 4.78 is 5.91. The number of halogens is 1. The summed E-state index contributed by atoms with van der Waals surface area (Å²) in [4.78, 5) is 2.37. The van der Waals surface area contributed by atoms with Crippen molar-refractivity contribution in [3.8, 4) is 5.75 Å². The normalized spacial score (nSPS) is 20.9. The Morgan fingerprint density at radius 2 is 2.28 bits per heavy atom. The lowest BCUT2D eigenvalue weighted by atomic mass is 10.0. The van der Waals surface area contributed by atoms with Gasteiger partial charge < -0.3 is 15.4 Å². The van der Waals surface area contributed by atoms with Crippen LogP contribution in [-0.2, 0) is 6.54 Å². The molecule has 1 saturated heterocycles. The maximum Gasteiger partial charge on any atom is 0.125 e. The lowest BCUT2D eigenvalue weighted by Gasteiger charge is -2.32. The number of hydrogen-bond donors (Lipinski definition) is 1. The zero-order chi connectivity index (χ0) is 13.0. The Labute approximate surface area is 114 Å². The minimum atomic E-state index is 0.412. The van der Waals surface area contributed by atoms with Gasteiger partial charge in [0.15, 0.2) is 0 Å². The summed E-state index contributed by atoms with van der Waals surface area (Å²) in [5.41, 5.74) is 6.61. The summed E-state index contributed by atoms with van der Waals surface area (Å²) >= 11 is 6.11. The fourth-order valence-corrected chi connectivity index (χ4v) is 2.66. The van der Waals surface area contributed by atoms with Crippen molar-refractivity contribution in [3.05, 3.63) is 28.8 Å². The molecule has 0 radical (unpaired) electrons. The Bertz CT molecular complexity index is 397. The molecule has 1 aliphatic heterocycles. The van der Waals surface area contributed by atoms with Crippen LogP contribution in [0, 0.1) is 0 Å². The smallest absolute Gasteiger partial charge is 0.125 e. The molecule has 0 saturated carbocycles. The second-order valence-corrected chi connectivity index (χ2v) is 5.27. The Morgan fingerprint density at radius 1 is 1.44 bits per heavy atom. The van der Waals surface area contributed by atoms with Gasteiger partial charge in [0.2, 0.25) is 0 Å². The van der Waals surface area contributed by atoms with E-state index in [1.807, 2.05) is 18.2 Å². The van der Waals surface area contributed by atoms with Crippen LogP contribution in [-0.4, -0.2) is 31.1 Å². The zero-order valence-electron chi connectivity index (χ0n) is 10.9. The molecule has 0 amide bonds. The molecule has 2 rings (SSSR count). The van der Waals surface area contributed by atoms with Crippen molar-refractivity contribution < 1.29 is 4.74 Å². The van der Waals surface area contributed by atoms with E-state index in [0.717, 1.165) is 17.9 Å². The topological polar surface area (TPSA) is 38.5 Å². The first kappa shape index (κ1) is 13.7. The highest BCUT2D eigenvalue weighted by molar-refractivity contribution is 6.31. The van der Waals surface area contributed by atoms with Crippen LogP contribution >= 0.6 is 11.6 Å². The largest absolute Gasteiger partial charge is 0.492 e. The first-order chi connectivity index (χ1) is 8.72. The standard InChI is InChI=1S/C14H21ClN2O/c1-17-8-3-2-5-11(17)10-18-14-7-4-6-13(15)12(14)9-16/h4,6-7,11H,2-3,5,8-10,16H2,1H3. The van der Waals surface area contributed by atoms with Gasteiger partial charge in [0.05, 0.1) is 0 Å². The van der Waals surface area contributed by atoms with E-state index in [1.54, 1.807) is 0 Å². The van der Waals surface area contributed by atoms with Crippen LogP contribution < -0.4 is 10.5 Å². The molecule has 0 aromatic heterocycles. The lowest BCUT2D eigenvalue weighted by molar-refractivity contribution is 0.124. The van der Waals surface area contributed by atoms with Crippen LogP contribution in [0.15, 0.2) is 18.2 Å². The molecule has 1 aromatic rings. The molecule has 0 aliphatic carbocycles. The van der Waals surface area contributed by atoms with Gasteiger partial charge in [-0.2, -0.15) is 0 Å². The summed E-state index contributed by atoms with van der Waals surface area (Å²) in [5, 5.41) is 0.687. The predicted octanol–water partition coefficient (Wildman–Crippen LogP) is 2.66. The van der Waals surface area contributed by atoms with E-state index >= 15 is 0 Å². The average Bonchev–Trinajstić information content (AvgIpc) is 2.38. The molecule has 1 aromatic carbocycles. The Kier molecular flexibility index (Phi) is 4.87. The number of ether oxygens (including phenoxy) is 1. The molecular formula is C14H21ClN2O. The molecule has 1 aliphatic rings. The third kappa shape index (κ3) is 3.16. The number of likely N-dealkylation sites (N-methyl/N-ethyl adjacent to an activating group) is 1. The fraction of sp³-hybridized carbons (Fsp3) is 0.571. The van der Waals surface area contributed by atoms with Crippen LogP contribution in [0.25, 0.3) is 0 Å². The number of nitrogens with zero attached hydrogens (tertiary/aromatic N) is 1. The lowest BCUT2D eigenvalue weighted by Crippen LogP contribution is -2.40. The van der Waals surface area contributed by atoms with Gasteiger partial charge in [-0.3, -0.25) is 0 Å². The van der Waals surface area contributed by atoms with Crippen LogP contribution in [0.1, 0.15) is 24.8 Å². The molecule has 1 heterocycles. The number of nitrogens with two attached hydrogens (primary N) is 1. The molecule has 18 heavy (non-hydrogen) atoms. The molecule has 0 bridgehead atoms. The summed E-state index contributed by atoms with van der Waals surface area (Å²) in [5.74, 6) is 0.823. The van der Waals surface area contributed by atoms with Crippen molar-refractivity contribution >= 4 is 11.6 Å². The van der Waals surface area contributed by atoms with E-state index in [2.05, 4.69) is 11.9 Å². The van der Waals surface area contributed by atoms with E-state index in [9.17, 15) is 0 Å². The number of benzene rings is 1. The second-order valence-electron chi connectivity index (χ2n) is 4.86. The molecular weight excluding hydrogens is 248 g/mol. The summed E-state index contributed by atoms with van der Waals surface area (Å²) in [6, 6.07) is 6.20. The van der Waals surface area contributed by atoms with Gasteiger partial charge in [-0.25, -0.2) is 0 Å². The van der Waals surface area contributed by atoms with Gasteiger partial charge in [0, 0.05) is 23.2 Å². The van der Waals surface area contributed by atoms with Crippen LogP contribution in [0.2, 0.25) is 5.02 Å². The van der Waals surface area contributed by atoms with E-state index in [-0.39, 0.29) is 0 Å². The first-order valence-corrected chi connectivity index (χ1v) is 6.90. The molecule has 3 nitrogen and oxygen atoms in total. The number of rotatable bonds is 4. The predicted molar refractivity (Wildman–Crippen MR) is 75.1 cm³/mol. The molecule has 0 spiro atoms. The van der Waals surface area contributed by atoms with Crippen LogP contribution in [0.4, 0.5) is 0 Å². The SMILES string of the molecule is CN1CCCCC1COc1cccc(Cl)c1CN. The maximum atomic E-state index is 6.11. The highest BCUT2D eigenvalue weighted by atomic mass is 35.5. The van der Waals surface area contributed by atoms with Crippen molar-refractivity contribution in [2.24, 2.45) is 5.73 Å². The maximum absolute atomic E-state index is 6.11. The average molecular weight is 269 g/mol. The quantitative estimate of drug-likeness (QED) is 0.912. The number of piperidine rings is 1. The van der Waals surface area contributed by atoms with E-state index in [0.29, 0.717) is 24.2 Å². The highest BCUT2D eigenvalue weighted by Gasteiger charge is 2.19. The Balaban J connectivity index is 1.99. The molecule has 2 N–H and O–H groups in total. The third-order valence-electron chi connectivity index (χ3n) is 3.63.